The number of carbonyl (C=O) groups is 2. The van der Waals surface area contributed by atoms with Crippen LogP contribution in [0.1, 0.15) is 68.5 Å². The van der Waals surface area contributed by atoms with E-state index >= 15 is 0 Å². The number of carbonyl (C=O) groups excluding carboxylic acids is 2. The van der Waals surface area contributed by atoms with Crippen LogP contribution in [-0.4, -0.2) is 56.1 Å². The monoisotopic (exact) mass is 467 g/mol. The quantitative estimate of drug-likeness (QED) is 0.545. The zero-order chi connectivity index (χ0) is 23.5. The Morgan fingerprint density at radius 3 is 2.26 bits per heavy atom. The minimum Gasteiger partial charge on any atom is -0.379 e. The largest absolute Gasteiger partial charge is 0.379 e. The topological polar surface area (TPSA) is 70.7 Å². The van der Waals surface area contributed by atoms with E-state index in [2.05, 4.69) is 46.7 Å². The molecular weight excluding hydrogens is 426 g/mol. The number of ether oxygens (including phenoxy) is 1. The number of hydrogen-bond acceptors (Lipinski definition) is 4. The molecule has 1 atom stereocenters. The normalized spacial score (nSPS) is 31.3. The molecule has 4 aliphatic carbocycles. The number of nitrogens with zero attached hydrogens (tertiary/aromatic N) is 1. The van der Waals surface area contributed by atoms with Crippen LogP contribution in [0.25, 0.3) is 0 Å². The highest BCUT2D eigenvalue weighted by Crippen LogP contribution is 2.60. The van der Waals surface area contributed by atoms with Gasteiger partial charge in [0, 0.05) is 38.0 Å². The summed E-state index contributed by atoms with van der Waals surface area (Å²) in [5, 5.41) is 6.47. The molecule has 2 amide bonds. The van der Waals surface area contributed by atoms with Crippen LogP contribution in [-0.2, 0) is 14.3 Å². The first kappa shape index (κ1) is 23.8. The van der Waals surface area contributed by atoms with Gasteiger partial charge in [0.25, 0.3) is 0 Å². The summed E-state index contributed by atoms with van der Waals surface area (Å²) < 4.78 is 5.48. The Morgan fingerprint density at radius 1 is 1.03 bits per heavy atom. The lowest BCUT2D eigenvalue weighted by molar-refractivity contribution is -0.146. The summed E-state index contributed by atoms with van der Waals surface area (Å²) in [6.45, 7) is 6.75. The van der Waals surface area contributed by atoms with Crippen molar-refractivity contribution in [3.63, 3.8) is 0 Å². The van der Waals surface area contributed by atoms with Gasteiger partial charge < -0.3 is 15.4 Å². The Hall–Kier alpha value is -1.92. The van der Waals surface area contributed by atoms with Crippen LogP contribution in [0.3, 0.4) is 0 Å². The van der Waals surface area contributed by atoms with Crippen LogP contribution in [0, 0.1) is 30.1 Å². The first-order chi connectivity index (χ1) is 16.5. The Balaban J connectivity index is 1.10. The average Bonchev–Trinajstić information content (AvgIpc) is 2.81. The van der Waals surface area contributed by atoms with Gasteiger partial charge in [0.2, 0.25) is 11.8 Å². The van der Waals surface area contributed by atoms with Crippen LogP contribution in [0.5, 0.6) is 0 Å². The molecule has 0 radical (unpaired) electrons. The molecule has 2 N–H and O–H groups in total. The van der Waals surface area contributed by atoms with E-state index in [1.807, 2.05) is 0 Å². The van der Waals surface area contributed by atoms with Crippen molar-refractivity contribution in [2.24, 2.45) is 23.2 Å². The van der Waals surface area contributed by atoms with Gasteiger partial charge in [-0.05, 0) is 75.2 Å². The van der Waals surface area contributed by atoms with E-state index in [9.17, 15) is 9.59 Å². The third-order valence-electron chi connectivity index (χ3n) is 8.75. The van der Waals surface area contributed by atoms with E-state index in [1.54, 1.807) is 0 Å². The Morgan fingerprint density at radius 2 is 1.65 bits per heavy atom. The molecule has 4 bridgehead atoms. The summed E-state index contributed by atoms with van der Waals surface area (Å²) in [7, 11) is 0. The molecule has 4 saturated carbocycles. The van der Waals surface area contributed by atoms with E-state index in [0.29, 0.717) is 19.4 Å². The fourth-order valence-electron chi connectivity index (χ4n) is 7.37. The van der Waals surface area contributed by atoms with Gasteiger partial charge in [-0.2, -0.15) is 0 Å². The lowest BCUT2D eigenvalue weighted by Gasteiger charge is -2.55. The predicted octanol–water partition coefficient (Wildman–Crippen LogP) is 3.60. The Labute approximate surface area is 204 Å². The molecule has 1 aromatic rings. The molecule has 6 heteroatoms. The molecule has 1 heterocycles. The van der Waals surface area contributed by atoms with Crippen molar-refractivity contribution in [1.29, 1.82) is 0 Å². The summed E-state index contributed by atoms with van der Waals surface area (Å²) in [6, 6.07) is 8.41. The number of nitrogens with one attached hydrogen (secondary N) is 2. The summed E-state index contributed by atoms with van der Waals surface area (Å²) in [4.78, 5) is 28.3. The standard InChI is InChI=1S/C28H41N3O3/c1-20-4-6-24(7-5-20)25(19-31-9-11-34-12-10-31)30-26(32)3-2-8-29-27(33)28-16-21-13-22(17-28)15-23(14-21)18-28/h4-7,21-23,25H,2-3,8-19H2,1H3,(H,29,33)(H,30,32). The molecule has 0 aromatic heterocycles. The molecule has 1 aliphatic heterocycles. The molecule has 1 aromatic carbocycles. The molecule has 5 fully saturated rings. The average molecular weight is 468 g/mol. The van der Waals surface area contributed by atoms with Gasteiger partial charge in [0.15, 0.2) is 0 Å². The van der Waals surface area contributed by atoms with Gasteiger partial charge in [0.1, 0.15) is 0 Å². The maximum atomic E-state index is 13.1. The highest BCUT2D eigenvalue weighted by Gasteiger charge is 2.54. The third-order valence-corrected chi connectivity index (χ3v) is 8.75. The molecule has 0 spiro atoms. The highest BCUT2D eigenvalue weighted by molar-refractivity contribution is 5.83. The van der Waals surface area contributed by atoms with Crippen molar-refractivity contribution in [3.8, 4) is 0 Å². The van der Waals surface area contributed by atoms with Gasteiger partial charge in [-0.1, -0.05) is 29.8 Å². The lowest BCUT2D eigenvalue weighted by Crippen LogP contribution is -2.53. The minimum absolute atomic E-state index is 0.0344. The third kappa shape index (κ3) is 5.49. The summed E-state index contributed by atoms with van der Waals surface area (Å²) in [5.74, 6) is 2.63. The van der Waals surface area contributed by atoms with Gasteiger partial charge in [-0.25, -0.2) is 0 Å². The van der Waals surface area contributed by atoms with E-state index in [-0.39, 0.29) is 23.3 Å². The molecule has 34 heavy (non-hydrogen) atoms. The minimum atomic E-state index is -0.105. The SMILES string of the molecule is Cc1ccc(C(CN2CCOCC2)NC(=O)CCCNC(=O)C23CC4CC(CC(C4)C2)C3)cc1. The zero-order valence-electron chi connectivity index (χ0n) is 20.7. The van der Waals surface area contributed by atoms with Crippen LogP contribution < -0.4 is 10.6 Å². The summed E-state index contributed by atoms with van der Waals surface area (Å²) >= 11 is 0. The second kappa shape index (κ2) is 10.4. The first-order valence-electron chi connectivity index (χ1n) is 13.4. The maximum absolute atomic E-state index is 13.1. The highest BCUT2D eigenvalue weighted by atomic mass is 16.5. The fourth-order valence-corrected chi connectivity index (χ4v) is 7.37. The molecule has 1 unspecified atom stereocenters. The molecule has 6 rings (SSSR count). The molecule has 1 saturated heterocycles. The molecule has 186 valence electrons. The van der Waals surface area contributed by atoms with E-state index < -0.39 is 0 Å². The summed E-state index contributed by atoms with van der Waals surface area (Å²) in [5.41, 5.74) is 2.25. The lowest BCUT2D eigenvalue weighted by atomic mass is 9.49. The predicted molar refractivity (Wildman–Crippen MR) is 132 cm³/mol. The van der Waals surface area contributed by atoms with Crippen LogP contribution >= 0.6 is 0 Å². The van der Waals surface area contributed by atoms with Gasteiger partial charge >= 0.3 is 0 Å². The molecule has 6 nitrogen and oxygen atoms in total. The van der Waals surface area contributed by atoms with Crippen LogP contribution in [0.15, 0.2) is 24.3 Å². The Kier molecular flexibility index (Phi) is 7.26. The number of hydrogen-bond donors (Lipinski definition) is 2. The number of benzene rings is 1. The van der Waals surface area contributed by atoms with Crippen molar-refractivity contribution < 1.29 is 14.3 Å². The van der Waals surface area contributed by atoms with Crippen LogP contribution in [0.2, 0.25) is 0 Å². The number of aryl methyl sites for hydroxylation is 1. The van der Waals surface area contributed by atoms with Gasteiger partial charge in [-0.15, -0.1) is 0 Å². The van der Waals surface area contributed by atoms with E-state index in [4.69, 9.17) is 4.74 Å². The smallest absolute Gasteiger partial charge is 0.226 e. The van der Waals surface area contributed by atoms with Gasteiger partial charge in [-0.3, -0.25) is 14.5 Å². The van der Waals surface area contributed by atoms with Crippen molar-refractivity contribution in [2.75, 3.05) is 39.4 Å². The van der Waals surface area contributed by atoms with Crippen LogP contribution in [0.4, 0.5) is 0 Å². The number of amides is 2. The second-order valence-electron chi connectivity index (χ2n) is 11.5. The van der Waals surface area contributed by atoms with Crippen molar-refractivity contribution in [1.82, 2.24) is 15.5 Å². The summed E-state index contributed by atoms with van der Waals surface area (Å²) in [6.07, 6.45) is 8.42. The first-order valence-corrected chi connectivity index (χ1v) is 13.4. The fraction of sp³-hybridized carbons (Fsp3) is 0.714. The van der Waals surface area contributed by atoms with Crippen molar-refractivity contribution in [3.05, 3.63) is 35.4 Å². The zero-order valence-corrected chi connectivity index (χ0v) is 20.7. The van der Waals surface area contributed by atoms with E-state index in [0.717, 1.165) is 75.4 Å². The molecular formula is C28H41N3O3. The maximum Gasteiger partial charge on any atom is 0.226 e. The van der Waals surface area contributed by atoms with Gasteiger partial charge in [0.05, 0.1) is 19.3 Å². The number of morpholine rings is 1. The van der Waals surface area contributed by atoms with Crippen molar-refractivity contribution in [2.45, 2.75) is 64.3 Å². The number of rotatable bonds is 9. The van der Waals surface area contributed by atoms with E-state index in [1.165, 1.54) is 24.8 Å². The second-order valence-corrected chi connectivity index (χ2v) is 11.5. The Bertz CT molecular complexity index is 827. The van der Waals surface area contributed by atoms with Crippen molar-refractivity contribution >= 4 is 11.8 Å². The molecule has 5 aliphatic rings.